The predicted octanol–water partition coefficient (Wildman–Crippen LogP) is 3.41. The summed E-state index contributed by atoms with van der Waals surface area (Å²) in [5.41, 5.74) is 0.542. The first-order valence-electron chi connectivity index (χ1n) is 7.87. The van der Waals surface area contributed by atoms with E-state index >= 15 is 0 Å². The standard InChI is InChI=1S/C7H12O.C6H12O.C3H6O/c1-5-2-3-6-7(4-5)8-6;1-3-6(2)4-7-5-6;1-3-2-4-3/h5-7H,2-4H2,1H3;3-5H2,1-2H3;3H,2H2,1H3. The van der Waals surface area contributed by atoms with Gasteiger partial charge < -0.3 is 14.2 Å². The Morgan fingerprint density at radius 3 is 2.00 bits per heavy atom. The minimum Gasteiger partial charge on any atom is -0.380 e. The smallest absolute Gasteiger partial charge is 0.0844 e. The molecule has 4 aliphatic rings. The summed E-state index contributed by atoms with van der Waals surface area (Å²) in [6, 6.07) is 0. The second-order valence-corrected chi connectivity index (χ2v) is 6.93. The molecule has 0 spiro atoms. The number of epoxide rings is 2. The van der Waals surface area contributed by atoms with Gasteiger partial charge in [0.15, 0.2) is 0 Å². The van der Waals surface area contributed by atoms with Crippen LogP contribution in [0.2, 0.25) is 0 Å². The van der Waals surface area contributed by atoms with Crippen LogP contribution in [-0.2, 0) is 14.2 Å². The minimum atomic E-state index is 0.542. The Balaban J connectivity index is 0.000000111. The molecule has 3 heteroatoms. The van der Waals surface area contributed by atoms with Gasteiger partial charge in [-0.25, -0.2) is 0 Å². The van der Waals surface area contributed by atoms with Gasteiger partial charge in [0.2, 0.25) is 0 Å². The summed E-state index contributed by atoms with van der Waals surface area (Å²) in [6.07, 6.45) is 7.25. The lowest BCUT2D eigenvalue weighted by Crippen LogP contribution is -2.38. The van der Waals surface area contributed by atoms with E-state index in [9.17, 15) is 0 Å². The molecule has 0 amide bonds. The van der Waals surface area contributed by atoms with Crippen molar-refractivity contribution in [2.75, 3.05) is 19.8 Å². The molecule has 0 aromatic carbocycles. The van der Waals surface area contributed by atoms with E-state index in [0.29, 0.717) is 23.7 Å². The van der Waals surface area contributed by atoms with Crippen LogP contribution in [0.5, 0.6) is 0 Å². The molecule has 0 radical (unpaired) electrons. The first-order valence-corrected chi connectivity index (χ1v) is 7.87. The Morgan fingerprint density at radius 1 is 1.11 bits per heavy atom. The zero-order chi connectivity index (χ0) is 13.9. The lowest BCUT2D eigenvalue weighted by molar-refractivity contribution is -0.103. The molecule has 1 saturated carbocycles. The summed E-state index contributed by atoms with van der Waals surface area (Å²) < 4.78 is 15.1. The van der Waals surface area contributed by atoms with Crippen LogP contribution in [0.1, 0.15) is 53.4 Å². The Labute approximate surface area is 118 Å². The van der Waals surface area contributed by atoms with Gasteiger partial charge >= 0.3 is 0 Å². The monoisotopic (exact) mass is 270 g/mol. The van der Waals surface area contributed by atoms with E-state index in [0.717, 1.165) is 25.7 Å². The molecule has 4 fully saturated rings. The molecule has 3 aliphatic heterocycles. The summed E-state index contributed by atoms with van der Waals surface area (Å²) in [5.74, 6) is 0.929. The first kappa shape index (κ1) is 15.3. The maximum Gasteiger partial charge on any atom is 0.0844 e. The van der Waals surface area contributed by atoms with Crippen LogP contribution in [0.4, 0.5) is 0 Å². The van der Waals surface area contributed by atoms with Gasteiger partial charge in [-0.15, -0.1) is 0 Å². The van der Waals surface area contributed by atoms with Crippen LogP contribution < -0.4 is 0 Å². The molecule has 4 rings (SSSR count). The maximum atomic E-state index is 5.35. The average Bonchev–Trinajstić information content (AvgIpc) is 3.25. The third-order valence-corrected chi connectivity index (χ3v) is 4.52. The van der Waals surface area contributed by atoms with Gasteiger partial charge in [-0.3, -0.25) is 0 Å². The van der Waals surface area contributed by atoms with Crippen molar-refractivity contribution in [3.05, 3.63) is 0 Å². The zero-order valence-electron chi connectivity index (χ0n) is 13.0. The molecule has 1 aliphatic carbocycles. The van der Waals surface area contributed by atoms with E-state index in [1.807, 2.05) is 0 Å². The van der Waals surface area contributed by atoms with Gasteiger partial charge in [0, 0.05) is 5.41 Å². The quantitative estimate of drug-likeness (QED) is 0.685. The molecule has 0 aromatic rings. The van der Waals surface area contributed by atoms with Crippen molar-refractivity contribution in [3.8, 4) is 0 Å². The fourth-order valence-electron chi connectivity index (χ4n) is 2.35. The highest BCUT2D eigenvalue weighted by Crippen LogP contribution is 2.38. The molecule has 0 aromatic heterocycles. The Bertz CT molecular complexity index is 266. The normalized spacial score (nSPS) is 40.4. The van der Waals surface area contributed by atoms with E-state index in [-0.39, 0.29) is 0 Å². The van der Waals surface area contributed by atoms with Gasteiger partial charge in [0.25, 0.3) is 0 Å². The molecule has 3 nitrogen and oxygen atoms in total. The van der Waals surface area contributed by atoms with Crippen molar-refractivity contribution < 1.29 is 14.2 Å². The number of hydrogen-bond acceptors (Lipinski definition) is 3. The van der Waals surface area contributed by atoms with Gasteiger partial charge in [-0.1, -0.05) is 20.8 Å². The first-order chi connectivity index (χ1) is 9.02. The van der Waals surface area contributed by atoms with Crippen molar-refractivity contribution in [2.24, 2.45) is 11.3 Å². The molecule has 3 saturated heterocycles. The molecule has 4 unspecified atom stereocenters. The highest BCUT2D eigenvalue weighted by atomic mass is 16.6. The van der Waals surface area contributed by atoms with Crippen molar-refractivity contribution in [1.29, 1.82) is 0 Å². The Kier molecular flexibility index (Phi) is 5.27. The van der Waals surface area contributed by atoms with Gasteiger partial charge in [0.05, 0.1) is 38.1 Å². The number of rotatable bonds is 1. The number of hydrogen-bond donors (Lipinski definition) is 0. The average molecular weight is 270 g/mol. The van der Waals surface area contributed by atoms with Crippen molar-refractivity contribution in [3.63, 3.8) is 0 Å². The third-order valence-electron chi connectivity index (χ3n) is 4.52. The van der Waals surface area contributed by atoms with Crippen molar-refractivity contribution >= 4 is 0 Å². The molecule has 0 N–H and O–H groups in total. The lowest BCUT2D eigenvalue weighted by atomic mass is 9.86. The minimum absolute atomic E-state index is 0.542. The molecule has 19 heavy (non-hydrogen) atoms. The van der Waals surface area contributed by atoms with E-state index in [1.165, 1.54) is 25.7 Å². The molecular formula is C16H30O3. The summed E-state index contributed by atoms with van der Waals surface area (Å²) in [5, 5.41) is 0. The summed E-state index contributed by atoms with van der Waals surface area (Å²) in [6.45, 7) is 11.8. The number of fused-ring (bicyclic) bond motifs is 1. The van der Waals surface area contributed by atoms with Crippen LogP contribution in [0.25, 0.3) is 0 Å². The highest BCUT2D eigenvalue weighted by molar-refractivity contribution is 4.90. The number of ether oxygens (including phenoxy) is 3. The van der Waals surface area contributed by atoms with Gasteiger partial charge in [0.1, 0.15) is 0 Å². The van der Waals surface area contributed by atoms with Crippen LogP contribution in [0, 0.1) is 11.3 Å². The van der Waals surface area contributed by atoms with Gasteiger partial charge in [-0.05, 0) is 38.5 Å². The van der Waals surface area contributed by atoms with Crippen molar-refractivity contribution in [1.82, 2.24) is 0 Å². The largest absolute Gasteiger partial charge is 0.380 e. The van der Waals surface area contributed by atoms with Crippen LogP contribution in [0.15, 0.2) is 0 Å². The Morgan fingerprint density at radius 2 is 1.74 bits per heavy atom. The maximum absolute atomic E-state index is 5.35. The molecular weight excluding hydrogens is 240 g/mol. The molecule has 112 valence electrons. The topological polar surface area (TPSA) is 34.3 Å². The molecule has 0 bridgehead atoms. The highest BCUT2D eigenvalue weighted by Gasteiger charge is 2.42. The van der Waals surface area contributed by atoms with E-state index in [1.54, 1.807) is 0 Å². The Hall–Kier alpha value is -0.120. The summed E-state index contributed by atoms with van der Waals surface area (Å²) in [4.78, 5) is 0. The van der Waals surface area contributed by atoms with E-state index in [4.69, 9.17) is 14.2 Å². The van der Waals surface area contributed by atoms with E-state index in [2.05, 4.69) is 27.7 Å². The van der Waals surface area contributed by atoms with Crippen LogP contribution in [0.3, 0.4) is 0 Å². The predicted molar refractivity (Wildman–Crippen MR) is 76.3 cm³/mol. The summed E-state index contributed by atoms with van der Waals surface area (Å²) >= 11 is 0. The summed E-state index contributed by atoms with van der Waals surface area (Å²) in [7, 11) is 0. The third kappa shape index (κ3) is 5.41. The fraction of sp³-hybridized carbons (Fsp3) is 1.00. The molecule has 3 heterocycles. The van der Waals surface area contributed by atoms with Crippen LogP contribution in [-0.4, -0.2) is 38.1 Å². The second-order valence-electron chi connectivity index (χ2n) is 6.93. The van der Waals surface area contributed by atoms with Gasteiger partial charge in [-0.2, -0.15) is 0 Å². The van der Waals surface area contributed by atoms with Crippen LogP contribution >= 0.6 is 0 Å². The molecule has 4 atom stereocenters. The van der Waals surface area contributed by atoms with Crippen molar-refractivity contribution in [2.45, 2.75) is 71.7 Å². The van der Waals surface area contributed by atoms with E-state index < -0.39 is 0 Å². The zero-order valence-corrected chi connectivity index (χ0v) is 13.0. The lowest BCUT2D eigenvalue weighted by Gasteiger charge is -2.36. The second kappa shape index (κ2) is 6.55. The fourth-order valence-corrected chi connectivity index (χ4v) is 2.35. The SMILES string of the molecule is CC1CCC2OC2C1.CC1CO1.CCC1(C)COC1.